The Morgan fingerprint density at radius 3 is 2.50 bits per heavy atom. The molecule has 0 aliphatic carbocycles. The maximum absolute atomic E-state index is 10.3. The van der Waals surface area contributed by atoms with Gasteiger partial charge in [-0.3, -0.25) is 0 Å². The average molecular weight is 168 g/mol. The van der Waals surface area contributed by atoms with Gasteiger partial charge in [-0.25, -0.2) is 4.79 Å². The van der Waals surface area contributed by atoms with Crippen LogP contribution in [-0.2, 0) is 4.79 Å². The van der Waals surface area contributed by atoms with Gasteiger partial charge in [0.2, 0.25) is 0 Å². The van der Waals surface area contributed by atoms with Crippen LogP contribution < -0.4 is 0 Å². The van der Waals surface area contributed by atoms with Gasteiger partial charge in [-0.05, 0) is 12.5 Å². The summed E-state index contributed by atoms with van der Waals surface area (Å²) in [7, 11) is 0. The van der Waals surface area contributed by atoms with Gasteiger partial charge in [-0.15, -0.1) is 0 Å². The number of carboxylic acid groups (broad SMARTS) is 1. The van der Waals surface area contributed by atoms with E-state index in [0.29, 0.717) is 5.57 Å². The van der Waals surface area contributed by atoms with Crippen LogP contribution in [0.15, 0.2) is 36.5 Å². The summed E-state index contributed by atoms with van der Waals surface area (Å²) in [6, 6.07) is 0. The number of carbonyl (C=O) groups is 1. The summed E-state index contributed by atoms with van der Waals surface area (Å²) in [6.45, 7) is 5.09. The first-order valence-corrected chi connectivity index (χ1v) is 3.49. The first-order valence-electron chi connectivity index (χ1n) is 3.49. The van der Waals surface area contributed by atoms with Gasteiger partial charge in [0.05, 0.1) is 0 Å². The fourth-order valence-corrected chi connectivity index (χ4v) is 0.667. The molecular weight excluding hydrogens is 156 g/mol. The highest BCUT2D eigenvalue weighted by atomic mass is 16.4. The Bertz CT molecular complexity index is 226. The van der Waals surface area contributed by atoms with E-state index < -0.39 is 12.1 Å². The predicted molar refractivity (Wildman–Crippen MR) is 46.7 cm³/mol. The molecule has 0 spiro atoms. The van der Waals surface area contributed by atoms with Crippen LogP contribution in [0.25, 0.3) is 0 Å². The second kappa shape index (κ2) is 5.32. The Morgan fingerprint density at radius 1 is 1.58 bits per heavy atom. The molecule has 0 fully saturated rings. The van der Waals surface area contributed by atoms with Crippen molar-refractivity contribution < 1.29 is 15.0 Å². The lowest BCUT2D eigenvalue weighted by Gasteiger charge is -2.04. The zero-order valence-electron chi connectivity index (χ0n) is 6.90. The molecule has 1 unspecified atom stereocenters. The second-order valence-corrected chi connectivity index (χ2v) is 2.12. The van der Waals surface area contributed by atoms with Crippen molar-refractivity contribution in [3.63, 3.8) is 0 Å². The van der Waals surface area contributed by atoms with Gasteiger partial charge >= 0.3 is 5.97 Å². The van der Waals surface area contributed by atoms with Crippen molar-refractivity contribution in [2.45, 2.75) is 13.0 Å². The summed E-state index contributed by atoms with van der Waals surface area (Å²) >= 11 is 0. The van der Waals surface area contributed by atoms with Gasteiger partial charge in [-0.2, -0.15) is 0 Å². The van der Waals surface area contributed by atoms with Gasteiger partial charge in [0.1, 0.15) is 0 Å². The maximum Gasteiger partial charge on any atom is 0.337 e. The van der Waals surface area contributed by atoms with E-state index in [1.165, 1.54) is 12.2 Å². The summed E-state index contributed by atoms with van der Waals surface area (Å²) in [4.78, 5) is 10.3. The monoisotopic (exact) mass is 168 g/mol. The highest BCUT2D eigenvalue weighted by Crippen LogP contribution is 2.04. The molecule has 1 atom stereocenters. The minimum atomic E-state index is -1.45. The van der Waals surface area contributed by atoms with Crippen molar-refractivity contribution in [2.75, 3.05) is 0 Å². The molecule has 66 valence electrons. The zero-order valence-corrected chi connectivity index (χ0v) is 6.90. The number of aliphatic hydroxyl groups excluding tert-OH is 1. The van der Waals surface area contributed by atoms with Crippen LogP contribution in [0.3, 0.4) is 0 Å². The summed E-state index contributed by atoms with van der Waals surface area (Å²) < 4.78 is 0. The fourth-order valence-electron chi connectivity index (χ4n) is 0.667. The smallest absolute Gasteiger partial charge is 0.337 e. The lowest BCUT2D eigenvalue weighted by atomic mass is 10.1. The molecule has 3 nitrogen and oxygen atoms in total. The molecule has 2 N–H and O–H groups in total. The minimum Gasteiger partial charge on any atom is -0.479 e. The van der Waals surface area contributed by atoms with Gasteiger partial charge in [0.15, 0.2) is 6.10 Å². The molecule has 0 amide bonds. The van der Waals surface area contributed by atoms with Gasteiger partial charge in [0.25, 0.3) is 0 Å². The first-order chi connectivity index (χ1) is 5.63. The molecule has 0 heterocycles. The van der Waals surface area contributed by atoms with E-state index >= 15 is 0 Å². The summed E-state index contributed by atoms with van der Waals surface area (Å²) in [6.07, 6.45) is 4.68. The lowest BCUT2D eigenvalue weighted by Crippen LogP contribution is -2.20. The van der Waals surface area contributed by atoms with Crippen LogP contribution in [0.5, 0.6) is 0 Å². The Morgan fingerprint density at radius 2 is 2.17 bits per heavy atom. The standard InChI is InChI=1S/C9H12O3/c1-3-5-6-7(4-2)8(10)9(11)12/h3-6,8,10H,1H2,2H3,(H,11,12)/b6-5-,7-4+. The summed E-state index contributed by atoms with van der Waals surface area (Å²) in [5.74, 6) is -1.25. The van der Waals surface area contributed by atoms with Crippen LogP contribution >= 0.6 is 0 Å². The molecule has 0 aromatic heterocycles. The van der Waals surface area contributed by atoms with Gasteiger partial charge < -0.3 is 10.2 Å². The highest BCUT2D eigenvalue weighted by molar-refractivity contribution is 5.76. The third kappa shape index (κ3) is 3.16. The topological polar surface area (TPSA) is 57.5 Å². The Labute approximate surface area is 71.3 Å². The number of hydrogen-bond donors (Lipinski definition) is 2. The van der Waals surface area contributed by atoms with Crippen molar-refractivity contribution in [1.82, 2.24) is 0 Å². The van der Waals surface area contributed by atoms with Crippen molar-refractivity contribution in [1.29, 1.82) is 0 Å². The molecule has 0 bridgehead atoms. The van der Waals surface area contributed by atoms with Crippen molar-refractivity contribution in [3.8, 4) is 0 Å². The number of aliphatic hydroxyl groups is 1. The van der Waals surface area contributed by atoms with Crippen molar-refractivity contribution in [3.05, 3.63) is 36.5 Å². The molecule has 0 aliphatic heterocycles. The Hall–Kier alpha value is -1.35. The van der Waals surface area contributed by atoms with Crippen LogP contribution in [0, 0.1) is 0 Å². The van der Waals surface area contributed by atoms with E-state index in [-0.39, 0.29) is 0 Å². The van der Waals surface area contributed by atoms with Crippen molar-refractivity contribution >= 4 is 5.97 Å². The molecule has 0 saturated heterocycles. The van der Waals surface area contributed by atoms with E-state index in [1.807, 2.05) is 0 Å². The molecule has 12 heavy (non-hydrogen) atoms. The van der Waals surface area contributed by atoms with Gasteiger partial charge in [-0.1, -0.05) is 30.9 Å². The largest absolute Gasteiger partial charge is 0.479 e. The number of carboxylic acids is 1. The number of allylic oxidation sites excluding steroid dienone is 3. The third-order valence-corrected chi connectivity index (χ3v) is 1.31. The summed E-state index contributed by atoms with van der Waals surface area (Å²) in [5.41, 5.74) is 0.349. The molecule has 3 heteroatoms. The Kier molecular flexibility index (Phi) is 4.72. The highest BCUT2D eigenvalue weighted by Gasteiger charge is 2.15. The molecule has 0 aromatic carbocycles. The average Bonchev–Trinajstić information content (AvgIpc) is 2.05. The SMILES string of the molecule is C=C/C=C\C(=C/C)C(O)C(=O)O. The summed E-state index contributed by atoms with van der Waals surface area (Å²) in [5, 5.41) is 17.5. The van der Waals surface area contributed by atoms with E-state index in [4.69, 9.17) is 10.2 Å². The number of hydrogen-bond acceptors (Lipinski definition) is 2. The predicted octanol–water partition coefficient (Wildman–Crippen LogP) is 1.12. The van der Waals surface area contributed by atoms with Crippen LogP contribution in [-0.4, -0.2) is 22.3 Å². The lowest BCUT2D eigenvalue weighted by molar-refractivity contribution is -0.144. The van der Waals surface area contributed by atoms with Crippen LogP contribution in [0.4, 0.5) is 0 Å². The normalized spacial score (nSPS) is 14.7. The molecule has 0 aliphatic rings. The van der Waals surface area contributed by atoms with Gasteiger partial charge in [0, 0.05) is 0 Å². The molecule has 0 rings (SSSR count). The Balaban J connectivity index is 4.47. The second-order valence-electron chi connectivity index (χ2n) is 2.12. The first kappa shape index (κ1) is 10.7. The third-order valence-electron chi connectivity index (χ3n) is 1.31. The zero-order chi connectivity index (χ0) is 9.56. The minimum absolute atomic E-state index is 0.349. The van der Waals surface area contributed by atoms with Crippen LogP contribution in [0.1, 0.15) is 6.92 Å². The molecule has 0 aromatic rings. The number of aliphatic carboxylic acids is 1. The molecular formula is C9H12O3. The molecule has 0 saturated carbocycles. The number of rotatable bonds is 4. The maximum atomic E-state index is 10.3. The fraction of sp³-hybridized carbons (Fsp3) is 0.222. The van der Waals surface area contributed by atoms with E-state index in [9.17, 15) is 4.79 Å². The van der Waals surface area contributed by atoms with Crippen molar-refractivity contribution in [2.24, 2.45) is 0 Å². The van der Waals surface area contributed by atoms with E-state index in [2.05, 4.69) is 6.58 Å². The van der Waals surface area contributed by atoms with E-state index in [1.54, 1.807) is 19.1 Å². The van der Waals surface area contributed by atoms with Crippen LogP contribution in [0.2, 0.25) is 0 Å². The molecule has 0 radical (unpaired) electrons. The van der Waals surface area contributed by atoms with E-state index in [0.717, 1.165) is 0 Å². The quantitative estimate of drug-likeness (QED) is 0.618.